The minimum atomic E-state index is -3.45. The van der Waals surface area contributed by atoms with E-state index in [0.29, 0.717) is 11.5 Å². The standard InChI is InChI=1S/C19H21NO5S/c1-24-15-6-8-17(9-7-15)26(22,23)18-12-20(13-18)19(21)11-14-4-3-5-16(10-14)25-2/h3-10,18H,11-13H2,1-2H3. The van der Waals surface area contributed by atoms with E-state index in [1.165, 1.54) is 19.2 Å². The third-order valence-electron chi connectivity index (χ3n) is 4.52. The van der Waals surface area contributed by atoms with Gasteiger partial charge in [0.2, 0.25) is 5.91 Å². The molecule has 6 nitrogen and oxygen atoms in total. The maximum absolute atomic E-state index is 12.6. The van der Waals surface area contributed by atoms with E-state index in [1.54, 1.807) is 24.1 Å². The Balaban J connectivity index is 1.61. The fraction of sp³-hybridized carbons (Fsp3) is 0.316. The van der Waals surface area contributed by atoms with Crippen molar-refractivity contribution < 1.29 is 22.7 Å². The summed E-state index contributed by atoms with van der Waals surface area (Å²) >= 11 is 0. The van der Waals surface area contributed by atoms with Gasteiger partial charge in [-0.25, -0.2) is 8.42 Å². The number of ether oxygens (including phenoxy) is 2. The molecule has 0 atom stereocenters. The first-order valence-electron chi connectivity index (χ1n) is 8.22. The number of sulfone groups is 1. The monoisotopic (exact) mass is 375 g/mol. The number of benzene rings is 2. The number of hydrogen-bond acceptors (Lipinski definition) is 5. The Kier molecular flexibility index (Phi) is 5.18. The van der Waals surface area contributed by atoms with Crippen LogP contribution in [0.5, 0.6) is 11.5 Å². The van der Waals surface area contributed by atoms with Gasteiger partial charge >= 0.3 is 0 Å². The van der Waals surface area contributed by atoms with Gasteiger partial charge in [0.1, 0.15) is 16.7 Å². The second kappa shape index (κ2) is 7.37. The molecule has 1 saturated heterocycles. The molecular weight excluding hydrogens is 354 g/mol. The van der Waals surface area contributed by atoms with Crippen LogP contribution in [0.2, 0.25) is 0 Å². The van der Waals surface area contributed by atoms with Gasteiger partial charge in [0.05, 0.1) is 25.5 Å². The van der Waals surface area contributed by atoms with Crippen molar-refractivity contribution in [3.8, 4) is 11.5 Å². The average molecular weight is 375 g/mol. The number of carbonyl (C=O) groups is 1. The van der Waals surface area contributed by atoms with E-state index < -0.39 is 15.1 Å². The molecule has 0 spiro atoms. The first-order valence-corrected chi connectivity index (χ1v) is 9.77. The highest BCUT2D eigenvalue weighted by atomic mass is 32.2. The van der Waals surface area contributed by atoms with Gasteiger partial charge in [-0.3, -0.25) is 4.79 Å². The van der Waals surface area contributed by atoms with Gasteiger partial charge in [-0.15, -0.1) is 0 Å². The number of nitrogens with zero attached hydrogens (tertiary/aromatic N) is 1. The third kappa shape index (κ3) is 3.67. The van der Waals surface area contributed by atoms with Crippen molar-refractivity contribution in [2.45, 2.75) is 16.6 Å². The molecule has 1 fully saturated rings. The lowest BCUT2D eigenvalue weighted by molar-refractivity contribution is -0.133. The Hall–Kier alpha value is -2.54. The van der Waals surface area contributed by atoms with Gasteiger partial charge in [0.25, 0.3) is 0 Å². The molecule has 1 heterocycles. The van der Waals surface area contributed by atoms with Gasteiger partial charge in [0, 0.05) is 13.1 Å². The zero-order valence-electron chi connectivity index (χ0n) is 14.7. The van der Waals surface area contributed by atoms with E-state index in [-0.39, 0.29) is 30.3 Å². The van der Waals surface area contributed by atoms with Crippen LogP contribution in [0, 0.1) is 0 Å². The van der Waals surface area contributed by atoms with Crippen LogP contribution in [0.15, 0.2) is 53.4 Å². The van der Waals surface area contributed by atoms with E-state index in [0.717, 1.165) is 5.56 Å². The van der Waals surface area contributed by atoms with Crippen molar-refractivity contribution in [2.75, 3.05) is 27.3 Å². The highest BCUT2D eigenvalue weighted by Gasteiger charge is 2.40. The number of rotatable bonds is 6. The topological polar surface area (TPSA) is 72.9 Å². The molecule has 7 heteroatoms. The first kappa shape index (κ1) is 18.3. The van der Waals surface area contributed by atoms with E-state index in [9.17, 15) is 13.2 Å². The van der Waals surface area contributed by atoms with Gasteiger partial charge in [-0.1, -0.05) is 12.1 Å². The highest BCUT2D eigenvalue weighted by Crippen LogP contribution is 2.26. The zero-order chi connectivity index (χ0) is 18.7. The largest absolute Gasteiger partial charge is 0.497 e. The Morgan fingerprint density at radius 1 is 1.04 bits per heavy atom. The Labute approximate surface area is 153 Å². The SMILES string of the molecule is COc1ccc(S(=O)(=O)C2CN(C(=O)Cc3cccc(OC)c3)C2)cc1. The van der Waals surface area contributed by atoms with Crippen LogP contribution < -0.4 is 9.47 Å². The molecule has 0 N–H and O–H groups in total. The van der Waals surface area contributed by atoms with Crippen LogP contribution in [0.4, 0.5) is 0 Å². The molecule has 26 heavy (non-hydrogen) atoms. The van der Waals surface area contributed by atoms with E-state index in [4.69, 9.17) is 9.47 Å². The minimum absolute atomic E-state index is 0.0839. The summed E-state index contributed by atoms with van der Waals surface area (Å²) < 4.78 is 35.5. The smallest absolute Gasteiger partial charge is 0.227 e. The molecule has 2 aromatic carbocycles. The van der Waals surface area contributed by atoms with Gasteiger partial charge in [-0.2, -0.15) is 0 Å². The molecule has 0 saturated carbocycles. The molecule has 1 aliphatic rings. The number of amides is 1. The predicted molar refractivity (Wildman–Crippen MR) is 97.2 cm³/mol. The lowest BCUT2D eigenvalue weighted by atomic mass is 10.1. The Bertz CT molecular complexity index is 886. The molecule has 0 aliphatic carbocycles. The Morgan fingerprint density at radius 2 is 1.69 bits per heavy atom. The molecule has 0 bridgehead atoms. The van der Waals surface area contributed by atoms with Crippen molar-refractivity contribution in [3.63, 3.8) is 0 Å². The van der Waals surface area contributed by atoms with Crippen LogP contribution in [-0.4, -0.2) is 51.8 Å². The second-order valence-corrected chi connectivity index (χ2v) is 8.40. The highest BCUT2D eigenvalue weighted by molar-refractivity contribution is 7.92. The molecule has 0 unspecified atom stereocenters. The molecule has 0 radical (unpaired) electrons. The van der Waals surface area contributed by atoms with Crippen LogP contribution >= 0.6 is 0 Å². The van der Waals surface area contributed by atoms with Crippen molar-refractivity contribution >= 4 is 15.7 Å². The number of likely N-dealkylation sites (tertiary alicyclic amines) is 1. The van der Waals surface area contributed by atoms with E-state index >= 15 is 0 Å². The molecule has 0 aromatic heterocycles. The molecule has 1 amide bonds. The molecule has 2 aromatic rings. The summed E-state index contributed by atoms with van der Waals surface area (Å²) in [6.07, 6.45) is 0.229. The fourth-order valence-electron chi connectivity index (χ4n) is 2.86. The van der Waals surface area contributed by atoms with Crippen LogP contribution in [0.3, 0.4) is 0 Å². The number of carbonyl (C=O) groups excluding carboxylic acids is 1. The zero-order valence-corrected chi connectivity index (χ0v) is 15.5. The molecule has 138 valence electrons. The quantitative estimate of drug-likeness (QED) is 0.771. The van der Waals surface area contributed by atoms with Gasteiger partial charge in [-0.05, 0) is 42.0 Å². The normalized spacial score (nSPS) is 14.6. The molecule has 1 aliphatic heterocycles. The molecular formula is C19H21NO5S. The van der Waals surface area contributed by atoms with Gasteiger partial charge in [0.15, 0.2) is 9.84 Å². The molecule has 3 rings (SSSR count). The van der Waals surface area contributed by atoms with Crippen molar-refractivity contribution in [1.29, 1.82) is 0 Å². The van der Waals surface area contributed by atoms with Crippen LogP contribution in [0.25, 0.3) is 0 Å². The van der Waals surface area contributed by atoms with Crippen molar-refractivity contribution in [1.82, 2.24) is 4.90 Å². The van der Waals surface area contributed by atoms with E-state index in [2.05, 4.69) is 0 Å². The van der Waals surface area contributed by atoms with Crippen molar-refractivity contribution in [2.24, 2.45) is 0 Å². The maximum atomic E-state index is 12.6. The summed E-state index contributed by atoms with van der Waals surface area (Å²) in [5, 5.41) is -0.565. The second-order valence-electron chi connectivity index (χ2n) is 6.17. The summed E-state index contributed by atoms with van der Waals surface area (Å²) in [4.78, 5) is 14.2. The lowest BCUT2D eigenvalue weighted by Crippen LogP contribution is -2.57. The summed E-state index contributed by atoms with van der Waals surface area (Å²) in [5.41, 5.74) is 0.843. The summed E-state index contributed by atoms with van der Waals surface area (Å²) in [6, 6.07) is 13.6. The predicted octanol–water partition coefficient (Wildman–Crippen LogP) is 1.93. The fourth-order valence-corrected chi connectivity index (χ4v) is 4.52. The average Bonchev–Trinajstić information content (AvgIpc) is 2.60. The third-order valence-corrected chi connectivity index (χ3v) is 6.62. The van der Waals surface area contributed by atoms with Crippen LogP contribution in [-0.2, 0) is 21.1 Å². The number of hydrogen-bond donors (Lipinski definition) is 0. The summed E-state index contributed by atoms with van der Waals surface area (Å²) in [7, 11) is -0.343. The summed E-state index contributed by atoms with van der Waals surface area (Å²) in [5.74, 6) is 1.21. The minimum Gasteiger partial charge on any atom is -0.497 e. The summed E-state index contributed by atoms with van der Waals surface area (Å²) in [6.45, 7) is 0.439. The van der Waals surface area contributed by atoms with Gasteiger partial charge < -0.3 is 14.4 Å². The number of methoxy groups -OCH3 is 2. The lowest BCUT2D eigenvalue weighted by Gasteiger charge is -2.38. The maximum Gasteiger partial charge on any atom is 0.227 e. The van der Waals surface area contributed by atoms with Crippen LogP contribution in [0.1, 0.15) is 5.56 Å². The van der Waals surface area contributed by atoms with Crippen molar-refractivity contribution in [3.05, 3.63) is 54.1 Å². The Morgan fingerprint density at radius 3 is 2.31 bits per heavy atom. The van der Waals surface area contributed by atoms with E-state index in [1.807, 2.05) is 24.3 Å². The first-order chi connectivity index (χ1) is 12.4.